The SMILES string of the molecule is CC(C)CONCCOC(C)(C)C. The third-order valence-electron chi connectivity index (χ3n) is 1.26. The van der Waals surface area contributed by atoms with E-state index in [-0.39, 0.29) is 5.60 Å². The summed E-state index contributed by atoms with van der Waals surface area (Å²) in [5.41, 5.74) is 2.81. The van der Waals surface area contributed by atoms with E-state index in [0.717, 1.165) is 13.2 Å². The van der Waals surface area contributed by atoms with Gasteiger partial charge in [0.2, 0.25) is 0 Å². The topological polar surface area (TPSA) is 30.5 Å². The lowest BCUT2D eigenvalue weighted by molar-refractivity contribution is -0.0332. The molecule has 0 saturated heterocycles. The van der Waals surface area contributed by atoms with E-state index in [1.807, 2.05) is 20.8 Å². The number of nitrogens with one attached hydrogen (secondary N) is 1. The molecule has 0 aromatic heterocycles. The largest absolute Gasteiger partial charge is 0.374 e. The number of hydroxylamine groups is 1. The Kier molecular flexibility index (Phi) is 6.29. The van der Waals surface area contributed by atoms with Gasteiger partial charge >= 0.3 is 0 Å². The maximum absolute atomic E-state index is 5.49. The molecule has 0 fully saturated rings. The Bertz CT molecular complexity index is 119. The van der Waals surface area contributed by atoms with Crippen LogP contribution in [0.25, 0.3) is 0 Å². The average molecular weight is 189 g/mol. The summed E-state index contributed by atoms with van der Waals surface area (Å²) in [5, 5.41) is 0. The lowest BCUT2D eigenvalue weighted by Gasteiger charge is -2.19. The van der Waals surface area contributed by atoms with Crippen molar-refractivity contribution in [2.24, 2.45) is 5.92 Å². The van der Waals surface area contributed by atoms with E-state index in [1.165, 1.54) is 0 Å². The molecule has 0 spiro atoms. The first-order chi connectivity index (χ1) is 5.92. The smallest absolute Gasteiger partial charge is 0.0705 e. The first kappa shape index (κ1) is 12.9. The van der Waals surface area contributed by atoms with Crippen molar-refractivity contribution in [2.45, 2.75) is 40.2 Å². The second-order valence-corrected chi connectivity index (χ2v) is 4.56. The van der Waals surface area contributed by atoms with Gasteiger partial charge in [0, 0.05) is 6.54 Å². The summed E-state index contributed by atoms with van der Waals surface area (Å²) in [6, 6.07) is 0. The maximum atomic E-state index is 5.49. The molecule has 0 amide bonds. The molecule has 0 aromatic rings. The molecule has 0 bridgehead atoms. The Hall–Kier alpha value is -0.120. The Morgan fingerprint density at radius 1 is 1.23 bits per heavy atom. The Morgan fingerprint density at radius 3 is 2.31 bits per heavy atom. The van der Waals surface area contributed by atoms with Crippen LogP contribution >= 0.6 is 0 Å². The van der Waals surface area contributed by atoms with Gasteiger partial charge in [0.25, 0.3) is 0 Å². The highest BCUT2D eigenvalue weighted by Crippen LogP contribution is 2.04. The van der Waals surface area contributed by atoms with E-state index in [4.69, 9.17) is 9.57 Å². The zero-order valence-electron chi connectivity index (χ0n) is 9.52. The molecule has 3 nitrogen and oxygen atoms in total. The van der Waals surface area contributed by atoms with Crippen LogP contribution in [-0.2, 0) is 9.57 Å². The molecule has 1 N–H and O–H groups in total. The van der Waals surface area contributed by atoms with E-state index in [0.29, 0.717) is 12.5 Å². The Labute approximate surface area is 81.8 Å². The van der Waals surface area contributed by atoms with Gasteiger partial charge in [-0.25, -0.2) is 5.48 Å². The van der Waals surface area contributed by atoms with Crippen molar-refractivity contribution in [2.75, 3.05) is 19.8 Å². The minimum Gasteiger partial charge on any atom is -0.374 e. The summed E-state index contributed by atoms with van der Waals surface area (Å²) in [6.45, 7) is 12.5. The van der Waals surface area contributed by atoms with Crippen molar-refractivity contribution in [3.8, 4) is 0 Å². The fourth-order valence-corrected chi connectivity index (χ4v) is 0.697. The molecule has 0 heterocycles. The van der Waals surface area contributed by atoms with Gasteiger partial charge in [0.1, 0.15) is 0 Å². The van der Waals surface area contributed by atoms with Gasteiger partial charge in [-0.2, -0.15) is 0 Å². The molecule has 0 aliphatic heterocycles. The van der Waals surface area contributed by atoms with Crippen molar-refractivity contribution in [3.63, 3.8) is 0 Å². The van der Waals surface area contributed by atoms with Crippen molar-refractivity contribution in [1.29, 1.82) is 0 Å². The number of hydrogen-bond acceptors (Lipinski definition) is 3. The van der Waals surface area contributed by atoms with Crippen LogP contribution in [-0.4, -0.2) is 25.4 Å². The third kappa shape index (κ3) is 11.9. The fourth-order valence-electron chi connectivity index (χ4n) is 0.697. The van der Waals surface area contributed by atoms with Gasteiger partial charge in [-0.15, -0.1) is 0 Å². The predicted molar refractivity (Wildman–Crippen MR) is 54.5 cm³/mol. The van der Waals surface area contributed by atoms with Gasteiger partial charge in [-0.05, 0) is 26.7 Å². The number of hydrogen-bond donors (Lipinski definition) is 1. The van der Waals surface area contributed by atoms with Crippen molar-refractivity contribution in [3.05, 3.63) is 0 Å². The quantitative estimate of drug-likeness (QED) is 0.512. The minimum absolute atomic E-state index is 0.0558. The molecular formula is C10H23NO2. The van der Waals surface area contributed by atoms with Crippen LogP contribution in [0.5, 0.6) is 0 Å². The zero-order chi connectivity index (χ0) is 10.3. The molecule has 80 valence electrons. The van der Waals surface area contributed by atoms with Gasteiger partial charge in [0.05, 0.1) is 18.8 Å². The maximum Gasteiger partial charge on any atom is 0.0705 e. The van der Waals surface area contributed by atoms with E-state index < -0.39 is 0 Å². The summed E-state index contributed by atoms with van der Waals surface area (Å²) in [6.07, 6.45) is 0. The van der Waals surface area contributed by atoms with Gasteiger partial charge in [0.15, 0.2) is 0 Å². The minimum atomic E-state index is -0.0558. The molecule has 0 rings (SSSR count). The van der Waals surface area contributed by atoms with Crippen LogP contribution < -0.4 is 5.48 Å². The molecule has 0 atom stereocenters. The van der Waals surface area contributed by atoms with Crippen LogP contribution in [0.1, 0.15) is 34.6 Å². The molecular weight excluding hydrogens is 166 g/mol. The molecule has 0 unspecified atom stereocenters. The second kappa shape index (κ2) is 6.35. The van der Waals surface area contributed by atoms with Crippen molar-refractivity contribution >= 4 is 0 Å². The van der Waals surface area contributed by atoms with Crippen LogP contribution in [0.2, 0.25) is 0 Å². The highest BCUT2D eigenvalue weighted by Gasteiger charge is 2.08. The zero-order valence-corrected chi connectivity index (χ0v) is 9.52. The fraction of sp³-hybridized carbons (Fsp3) is 1.00. The van der Waals surface area contributed by atoms with Crippen LogP contribution in [0, 0.1) is 5.92 Å². The summed E-state index contributed by atoms with van der Waals surface area (Å²) in [5.74, 6) is 0.566. The van der Waals surface area contributed by atoms with Crippen LogP contribution in [0.3, 0.4) is 0 Å². The highest BCUT2D eigenvalue weighted by molar-refractivity contribution is 4.58. The standard InChI is InChI=1S/C10H23NO2/c1-9(2)8-13-11-6-7-12-10(3,4)5/h9,11H,6-8H2,1-5H3. The average Bonchev–Trinajstić information content (AvgIpc) is 1.93. The van der Waals surface area contributed by atoms with E-state index >= 15 is 0 Å². The van der Waals surface area contributed by atoms with E-state index in [1.54, 1.807) is 0 Å². The molecule has 0 radical (unpaired) electrons. The second-order valence-electron chi connectivity index (χ2n) is 4.56. The van der Waals surface area contributed by atoms with Crippen molar-refractivity contribution < 1.29 is 9.57 Å². The molecule has 3 heteroatoms. The Morgan fingerprint density at radius 2 is 1.85 bits per heavy atom. The lowest BCUT2D eigenvalue weighted by atomic mass is 10.2. The molecule has 0 aliphatic carbocycles. The van der Waals surface area contributed by atoms with Crippen LogP contribution in [0.4, 0.5) is 0 Å². The van der Waals surface area contributed by atoms with E-state index in [9.17, 15) is 0 Å². The normalized spacial score (nSPS) is 12.5. The molecule has 0 aromatic carbocycles. The molecule has 0 saturated carbocycles. The van der Waals surface area contributed by atoms with Crippen molar-refractivity contribution in [1.82, 2.24) is 5.48 Å². The molecule has 13 heavy (non-hydrogen) atoms. The molecule has 0 aliphatic rings. The predicted octanol–water partition coefficient (Wildman–Crippen LogP) is 1.98. The summed E-state index contributed by atoms with van der Waals surface area (Å²) < 4.78 is 5.49. The summed E-state index contributed by atoms with van der Waals surface area (Å²) >= 11 is 0. The summed E-state index contributed by atoms with van der Waals surface area (Å²) in [7, 11) is 0. The number of rotatable bonds is 6. The third-order valence-corrected chi connectivity index (χ3v) is 1.26. The van der Waals surface area contributed by atoms with Gasteiger partial charge in [-0.1, -0.05) is 13.8 Å². The first-order valence-electron chi connectivity index (χ1n) is 4.90. The lowest BCUT2D eigenvalue weighted by Crippen LogP contribution is -2.27. The Balaban J connectivity index is 3.09. The van der Waals surface area contributed by atoms with Gasteiger partial charge in [-0.3, -0.25) is 0 Å². The van der Waals surface area contributed by atoms with Crippen LogP contribution in [0.15, 0.2) is 0 Å². The van der Waals surface area contributed by atoms with E-state index in [2.05, 4.69) is 19.3 Å². The monoisotopic (exact) mass is 189 g/mol. The highest BCUT2D eigenvalue weighted by atomic mass is 16.6. The number of ether oxygens (including phenoxy) is 1. The van der Waals surface area contributed by atoms with Gasteiger partial charge < -0.3 is 9.57 Å². The first-order valence-corrected chi connectivity index (χ1v) is 4.90. The summed E-state index contributed by atoms with van der Waals surface area (Å²) in [4.78, 5) is 5.18.